The molecular weight excluding hydrogens is 905 g/mol. The van der Waals surface area contributed by atoms with Gasteiger partial charge in [-0.05, 0) is 154 Å². The van der Waals surface area contributed by atoms with E-state index in [9.17, 15) is 0 Å². The predicted molar refractivity (Wildman–Crippen MR) is 302 cm³/mol. The fourth-order valence-corrected chi connectivity index (χ4v) is 11.8. The van der Waals surface area contributed by atoms with Gasteiger partial charge >= 0.3 is 0 Å². The molecule has 0 fully saturated rings. The van der Waals surface area contributed by atoms with E-state index >= 15 is 0 Å². The number of nitrogens with zero attached hydrogens (tertiary/aromatic N) is 4. The fraction of sp³-hybridized carbons (Fsp3) is 0.0882. The Bertz CT molecular complexity index is 3860. The second-order valence-corrected chi connectivity index (χ2v) is 20.6. The molecule has 0 saturated carbocycles. The Kier molecular flexibility index (Phi) is 9.80. The van der Waals surface area contributed by atoms with Crippen molar-refractivity contribution in [1.29, 1.82) is 0 Å². The van der Waals surface area contributed by atoms with Crippen LogP contribution in [0.15, 0.2) is 239 Å². The highest BCUT2D eigenvalue weighted by Gasteiger charge is 2.37. The smallest absolute Gasteiger partial charge is 0.227 e. The van der Waals surface area contributed by atoms with Crippen LogP contribution in [0, 0.1) is 0 Å². The molecule has 0 N–H and O–H groups in total. The monoisotopic (exact) mass is 954 g/mol. The van der Waals surface area contributed by atoms with E-state index in [0.717, 1.165) is 67.4 Å². The standard InChI is InChI=1S/C68H50N4O2/c1-67(2)57-25-13-11-21-51(57)53-39-37-49(41-59(53)67)71(45-17-7-5-8-18-45)47-33-29-43(30-34-47)65-69-63-55(23-15-27-61(63)73-65)56-24-16-28-62-64(56)70-66(74-62)44-31-35-48(36-32-44)72(46-19-9-6-10-20-46)50-38-40-54-52-22-12-14-26-58(52)68(3,4)60(54)42-50/h5-42H,1-4H3. The van der Waals surface area contributed by atoms with Crippen LogP contribution in [0.25, 0.3) is 78.5 Å². The third-order valence-electron chi connectivity index (χ3n) is 15.6. The molecule has 0 radical (unpaired) electrons. The summed E-state index contributed by atoms with van der Waals surface area (Å²) in [5.41, 5.74) is 23.4. The Morgan fingerprint density at radius 3 is 1.05 bits per heavy atom. The molecule has 0 spiro atoms. The molecule has 6 heteroatoms. The van der Waals surface area contributed by atoms with Gasteiger partial charge in [0.1, 0.15) is 11.0 Å². The Balaban J connectivity index is 0.773. The predicted octanol–water partition coefficient (Wildman–Crippen LogP) is 18.5. The first kappa shape index (κ1) is 43.5. The average molecular weight is 955 g/mol. The summed E-state index contributed by atoms with van der Waals surface area (Å²) in [6.45, 7) is 9.31. The molecule has 0 atom stereocenters. The van der Waals surface area contributed by atoms with Crippen molar-refractivity contribution >= 4 is 56.3 Å². The quantitative estimate of drug-likeness (QED) is 0.144. The fourth-order valence-electron chi connectivity index (χ4n) is 11.8. The van der Waals surface area contributed by atoms with E-state index in [1.165, 1.54) is 44.5 Å². The van der Waals surface area contributed by atoms with E-state index in [4.69, 9.17) is 18.8 Å². The first-order chi connectivity index (χ1) is 36.2. The second-order valence-electron chi connectivity index (χ2n) is 20.6. The van der Waals surface area contributed by atoms with Crippen LogP contribution in [-0.2, 0) is 10.8 Å². The van der Waals surface area contributed by atoms with Crippen molar-refractivity contribution in [3.05, 3.63) is 253 Å². The Morgan fingerprint density at radius 1 is 0.297 bits per heavy atom. The van der Waals surface area contributed by atoms with Gasteiger partial charge in [-0.2, -0.15) is 0 Å². The van der Waals surface area contributed by atoms with Crippen molar-refractivity contribution in [1.82, 2.24) is 9.97 Å². The van der Waals surface area contributed by atoms with Crippen molar-refractivity contribution in [2.45, 2.75) is 38.5 Å². The normalized spacial score (nSPS) is 13.6. The summed E-state index contributed by atoms with van der Waals surface area (Å²) in [4.78, 5) is 15.0. The molecule has 6 nitrogen and oxygen atoms in total. The zero-order chi connectivity index (χ0) is 49.7. The van der Waals surface area contributed by atoms with E-state index in [1.54, 1.807) is 0 Å². The number of hydrogen-bond donors (Lipinski definition) is 0. The molecule has 14 rings (SSSR count). The number of oxazole rings is 2. The van der Waals surface area contributed by atoms with Gasteiger partial charge in [-0.15, -0.1) is 0 Å². The average Bonchev–Trinajstić information content (AvgIpc) is 4.22. The summed E-state index contributed by atoms with van der Waals surface area (Å²) in [6, 6.07) is 81.6. The molecule has 10 aromatic carbocycles. The van der Waals surface area contributed by atoms with Crippen molar-refractivity contribution in [3.8, 4) is 56.3 Å². The molecule has 0 amide bonds. The molecule has 0 unspecified atom stereocenters. The van der Waals surface area contributed by atoms with Crippen LogP contribution in [0.2, 0.25) is 0 Å². The van der Waals surface area contributed by atoms with Crippen LogP contribution in [0.5, 0.6) is 0 Å². The van der Waals surface area contributed by atoms with Crippen LogP contribution in [-0.4, -0.2) is 9.97 Å². The van der Waals surface area contributed by atoms with E-state index < -0.39 is 0 Å². The van der Waals surface area contributed by atoms with Crippen LogP contribution < -0.4 is 9.80 Å². The number of hydrogen-bond acceptors (Lipinski definition) is 6. The highest BCUT2D eigenvalue weighted by molar-refractivity contribution is 6.01. The van der Waals surface area contributed by atoms with E-state index in [2.05, 4.69) is 244 Å². The summed E-state index contributed by atoms with van der Waals surface area (Å²) in [7, 11) is 0. The molecular formula is C68H50N4O2. The van der Waals surface area contributed by atoms with Crippen molar-refractivity contribution in [2.24, 2.45) is 0 Å². The van der Waals surface area contributed by atoms with Crippen molar-refractivity contribution in [3.63, 3.8) is 0 Å². The van der Waals surface area contributed by atoms with E-state index in [-0.39, 0.29) is 10.8 Å². The third-order valence-corrected chi connectivity index (χ3v) is 15.6. The van der Waals surface area contributed by atoms with Crippen LogP contribution in [0.3, 0.4) is 0 Å². The molecule has 74 heavy (non-hydrogen) atoms. The van der Waals surface area contributed by atoms with Gasteiger partial charge in [0, 0.05) is 67.2 Å². The number of rotatable bonds is 9. The molecule has 12 aromatic rings. The summed E-state index contributed by atoms with van der Waals surface area (Å²) < 4.78 is 13.1. The van der Waals surface area contributed by atoms with Gasteiger partial charge in [-0.25, -0.2) is 9.97 Å². The zero-order valence-corrected chi connectivity index (χ0v) is 41.5. The molecule has 2 heterocycles. The number of fused-ring (bicyclic) bond motifs is 8. The molecule has 354 valence electrons. The Labute approximate surface area is 430 Å². The molecule has 0 bridgehead atoms. The summed E-state index contributed by atoms with van der Waals surface area (Å²) in [6.07, 6.45) is 0. The summed E-state index contributed by atoms with van der Waals surface area (Å²) in [5, 5.41) is 0. The van der Waals surface area contributed by atoms with E-state index in [1.807, 2.05) is 24.3 Å². The van der Waals surface area contributed by atoms with Gasteiger partial charge < -0.3 is 18.6 Å². The highest BCUT2D eigenvalue weighted by atomic mass is 16.4. The number of anilines is 6. The van der Waals surface area contributed by atoms with Crippen LogP contribution >= 0.6 is 0 Å². The van der Waals surface area contributed by atoms with Gasteiger partial charge in [0.2, 0.25) is 11.8 Å². The number of para-hydroxylation sites is 4. The van der Waals surface area contributed by atoms with Gasteiger partial charge in [-0.1, -0.05) is 149 Å². The third kappa shape index (κ3) is 6.86. The Hall–Kier alpha value is -9.26. The maximum atomic E-state index is 6.54. The largest absolute Gasteiger partial charge is 0.436 e. The molecule has 0 aliphatic heterocycles. The maximum Gasteiger partial charge on any atom is 0.227 e. The molecule has 2 aliphatic carbocycles. The van der Waals surface area contributed by atoms with E-state index in [0.29, 0.717) is 22.9 Å². The zero-order valence-electron chi connectivity index (χ0n) is 41.5. The topological polar surface area (TPSA) is 58.5 Å². The van der Waals surface area contributed by atoms with Gasteiger partial charge in [0.25, 0.3) is 0 Å². The van der Waals surface area contributed by atoms with Gasteiger partial charge in [0.15, 0.2) is 11.2 Å². The first-order valence-corrected chi connectivity index (χ1v) is 25.4. The second kappa shape index (κ2) is 16.7. The minimum absolute atomic E-state index is 0.114. The van der Waals surface area contributed by atoms with Crippen molar-refractivity contribution < 1.29 is 8.83 Å². The molecule has 2 aromatic heterocycles. The first-order valence-electron chi connectivity index (χ1n) is 25.4. The van der Waals surface area contributed by atoms with Crippen LogP contribution in [0.1, 0.15) is 49.9 Å². The van der Waals surface area contributed by atoms with Gasteiger partial charge in [-0.3, -0.25) is 0 Å². The molecule has 0 saturated heterocycles. The lowest BCUT2D eigenvalue weighted by atomic mass is 9.82. The maximum absolute atomic E-state index is 6.54. The van der Waals surface area contributed by atoms with Gasteiger partial charge in [0.05, 0.1) is 0 Å². The summed E-state index contributed by atoms with van der Waals surface area (Å²) >= 11 is 0. The lowest BCUT2D eigenvalue weighted by Gasteiger charge is -2.28. The minimum Gasteiger partial charge on any atom is -0.436 e. The summed E-state index contributed by atoms with van der Waals surface area (Å²) in [5.74, 6) is 1.10. The number of benzene rings is 10. The van der Waals surface area contributed by atoms with Crippen molar-refractivity contribution in [2.75, 3.05) is 9.80 Å². The minimum atomic E-state index is -0.114. The highest BCUT2D eigenvalue weighted by Crippen LogP contribution is 2.52. The lowest BCUT2D eigenvalue weighted by molar-refractivity contribution is 0.619. The SMILES string of the molecule is CC1(C)c2ccccc2-c2ccc(N(c3ccccc3)c3ccc(-c4nc5c(-c6cccc7oc(-c8ccc(N(c9ccccc9)c9ccc%10c(c9)C(C)(C)c9ccccc9-%10)cc8)nc67)cccc5o4)cc3)cc21. The number of aromatic nitrogens is 2. The lowest BCUT2D eigenvalue weighted by Crippen LogP contribution is -2.16. The molecule has 2 aliphatic rings. The van der Waals surface area contributed by atoms with Crippen LogP contribution in [0.4, 0.5) is 34.1 Å². The Morgan fingerprint density at radius 2 is 0.635 bits per heavy atom.